The van der Waals surface area contributed by atoms with Gasteiger partial charge in [-0.15, -0.1) is 0 Å². The molecule has 0 fully saturated rings. The number of hydrogen-bond acceptors (Lipinski definition) is 2. The van der Waals surface area contributed by atoms with E-state index in [2.05, 4.69) is 53.3 Å². The van der Waals surface area contributed by atoms with Crippen molar-refractivity contribution in [2.24, 2.45) is 0 Å². The van der Waals surface area contributed by atoms with Crippen molar-refractivity contribution in [3.8, 4) is 0 Å². The van der Waals surface area contributed by atoms with Crippen LogP contribution < -0.4 is 0 Å². The summed E-state index contributed by atoms with van der Waals surface area (Å²) in [5.41, 5.74) is 3.96. The molecule has 0 amide bonds. The van der Waals surface area contributed by atoms with Gasteiger partial charge in [0.2, 0.25) is 0 Å². The van der Waals surface area contributed by atoms with Gasteiger partial charge in [0, 0.05) is 9.99 Å². The van der Waals surface area contributed by atoms with Crippen LogP contribution in [-0.2, 0) is 22.4 Å². The lowest BCUT2D eigenvalue weighted by atomic mass is 9.97. The van der Waals surface area contributed by atoms with E-state index in [1.807, 2.05) is 0 Å². The van der Waals surface area contributed by atoms with Gasteiger partial charge in [0.25, 0.3) is 0 Å². The molecule has 0 heterocycles. The second-order valence-electron chi connectivity index (χ2n) is 3.74. The fraction of sp³-hybridized carbons (Fsp3) is 0.462. The van der Waals surface area contributed by atoms with Crippen LogP contribution in [0.15, 0.2) is 12.1 Å². The summed E-state index contributed by atoms with van der Waals surface area (Å²) in [5, 5.41) is 0. The number of esters is 1. The summed E-state index contributed by atoms with van der Waals surface area (Å²) < 4.78 is 5.96. The van der Waals surface area contributed by atoms with Crippen molar-refractivity contribution in [2.45, 2.75) is 33.1 Å². The Bertz CT molecular complexity index is 386. The number of rotatable bonds is 4. The summed E-state index contributed by atoms with van der Waals surface area (Å²) in [7, 11) is 1.43. The number of hydrogen-bond donors (Lipinski definition) is 0. The van der Waals surface area contributed by atoms with E-state index in [4.69, 9.17) is 0 Å². The lowest BCUT2D eigenvalue weighted by Crippen LogP contribution is -2.04. The van der Waals surface area contributed by atoms with Gasteiger partial charge in [0.05, 0.1) is 7.11 Å². The maximum Gasteiger partial charge on any atom is 0.305 e. The first-order valence-corrected chi connectivity index (χ1v) is 6.51. The molecule has 1 rings (SSSR count). The molecule has 0 radical (unpaired) electrons. The zero-order valence-electron chi connectivity index (χ0n) is 9.97. The van der Waals surface area contributed by atoms with E-state index in [-0.39, 0.29) is 5.97 Å². The van der Waals surface area contributed by atoms with Gasteiger partial charge in [0.15, 0.2) is 0 Å². The van der Waals surface area contributed by atoms with Crippen LogP contribution in [0.4, 0.5) is 0 Å². The Hall–Kier alpha value is -0.580. The zero-order valence-corrected chi connectivity index (χ0v) is 12.1. The van der Waals surface area contributed by atoms with Crippen molar-refractivity contribution in [1.29, 1.82) is 0 Å². The van der Waals surface area contributed by atoms with Gasteiger partial charge in [-0.05, 0) is 65.1 Å². The van der Waals surface area contributed by atoms with Crippen LogP contribution in [0.25, 0.3) is 0 Å². The molecule has 0 N–H and O–H groups in total. The van der Waals surface area contributed by atoms with E-state index in [9.17, 15) is 4.79 Å². The number of aryl methyl sites for hydroxylation is 1. The molecule has 0 saturated carbocycles. The third kappa shape index (κ3) is 3.20. The normalized spacial score (nSPS) is 10.2. The number of methoxy groups -OCH3 is 1. The summed E-state index contributed by atoms with van der Waals surface area (Å²) in [4.78, 5) is 11.1. The van der Waals surface area contributed by atoms with E-state index in [1.54, 1.807) is 0 Å². The van der Waals surface area contributed by atoms with Gasteiger partial charge in [-0.25, -0.2) is 0 Å². The average molecular weight is 332 g/mol. The molecule has 0 aliphatic heterocycles. The first-order valence-electron chi connectivity index (χ1n) is 5.43. The molecule has 0 bridgehead atoms. The van der Waals surface area contributed by atoms with E-state index < -0.39 is 0 Å². The quantitative estimate of drug-likeness (QED) is 0.625. The number of carbonyl (C=O) groups is 1. The topological polar surface area (TPSA) is 26.3 Å². The summed E-state index contributed by atoms with van der Waals surface area (Å²) in [6, 6.07) is 4.23. The number of ether oxygens (including phenoxy) is 1. The van der Waals surface area contributed by atoms with Crippen LogP contribution in [0.3, 0.4) is 0 Å². The Morgan fingerprint density at radius 3 is 2.69 bits per heavy atom. The van der Waals surface area contributed by atoms with Crippen molar-refractivity contribution in [2.75, 3.05) is 7.11 Å². The van der Waals surface area contributed by atoms with Gasteiger partial charge >= 0.3 is 5.97 Å². The second-order valence-corrected chi connectivity index (χ2v) is 4.90. The van der Waals surface area contributed by atoms with Crippen LogP contribution in [-0.4, -0.2) is 13.1 Å². The standard InChI is InChI=1S/C13H17IO2/c1-4-11-9(2)10(5-7-12(11)14)6-8-13(15)16-3/h5,7H,4,6,8H2,1-3H3. The minimum atomic E-state index is -0.143. The Labute approximate surface area is 111 Å². The third-order valence-corrected chi connectivity index (χ3v) is 3.84. The van der Waals surface area contributed by atoms with Crippen LogP contribution in [0, 0.1) is 10.5 Å². The molecule has 88 valence electrons. The van der Waals surface area contributed by atoms with Crippen molar-refractivity contribution in [3.63, 3.8) is 0 Å². The van der Waals surface area contributed by atoms with Crippen molar-refractivity contribution in [1.82, 2.24) is 0 Å². The molecule has 2 nitrogen and oxygen atoms in total. The highest BCUT2D eigenvalue weighted by Gasteiger charge is 2.08. The zero-order chi connectivity index (χ0) is 12.1. The van der Waals surface area contributed by atoms with E-state index in [1.165, 1.54) is 27.4 Å². The minimum Gasteiger partial charge on any atom is -0.469 e. The highest BCUT2D eigenvalue weighted by Crippen LogP contribution is 2.22. The van der Waals surface area contributed by atoms with Gasteiger partial charge in [0.1, 0.15) is 0 Å². The summed E-state index contributed by atoms with van der Waals surface area (Å²) in [5.74, 6) is -0.143. The highest BCUT2D eigenvalue weighted by atomic mass is 127. The van der Waals surface area contributed by atoms with Crippen LogP contribution >= 0.6 is 22.6 Å². The molecule has 0 atom stereocenters. The Balaban J connectivity index is 2.85. The van der Waals surface area contributed by atoms with Gasteiger partial charge in [-0.1, -0.05) is 13.0 Å². The number of carbonyl (C=O) groups excluding carboxylic acids is 1. The largest absolute Gasteiger partial charge is 0.469 e. The van der Waals surface area contributed by atoms with E-state index in [0.29, 0.717) is 6.42 Å². The number of halogens is 1. The van der Waals surface area contributed by atoms with Crippen LogP contribution in [0.5, 0.6) is 0 Å². The molecular weight excluding hydrogens is 315 g/mol. The van der Waals surface area contributed by atoms with Crippen LogP contribution in [0.2, 0.25) is 0 Å². The fourth-order valence-corrected chi connectivity index (χ4v) is 2.78. The molecule has 0 aromatic heterocycles. The fourth-order valence-electron chi connectivity index (χ4n) is 1.82. The van der Waals surface area contributed by atoms with E-state index >= 15 is 0 Å². The number of benzene rings is 1. The maximum absolute atomic E-state index is 11.1. The lowest BCUT2D eigenvalue weighted by molar-refractivity contribution is -0.140. The molecule has 16 heavy (non-hydrogen) atoms. The molecule has 0 aliphatic carbocycles. The first-order chi connectivity index (χ1) is 7.60. The first kappa shape index (κ1) is 13.5. The third-order valence-electron chi connectivity index (χ3n) is 2.83. The van der Waals surface area contributed by atoms with Crippen molar-refractivity contribution in [3.05, 3.63) is 32.4 Å². The monoisotopic (exact) mass is 332 g/mol. The van der Waals surface area contributed by atoms with Gasteiger partial charge < -0.3 is 4.74 Å². The highest BCUT2D eigenvalue weighted by molar-refractivity contribution is 14.1. The molecule has 0 saturated heterocycles. The predicted molar refractivity (Wildman–Crippen MR) is 73.6 cm³/mol. The predicted octanol–water partition coefficient (Wildman–Crippen LogP) is 3.27. The molecular formula is C13H17IO2. The Morgan fingerprint density at radius 1 is 1.44 bits per heavy atom. The summed E-state index contributed by atoms with van der Waals surface area (Å²) >= 11 is 2.36. The van der Waals surface area contributed by atoms with Gasteiger partial charge in [-0.3, -0.25) is 4.79 Å². The van der Waals surface area contributed by atoms with Crippen LogP contribution in [0.1, 0.15) is 30.0 Å². The molecule has 0 unspecified atom stereocenters. The minimum absolute atomic E-state index is 0.143. The Morgan fingerprint density at radius 2 is 2.12 bits per heavy atom. The maximum atomic E-state index is 11.1. The average Bonchev–Trinajstić information content (AvgIpc) is 2.28. The molecule has 3 heteroatoms. The van der Waals surface area contributed by atoms with Crippen molar-refractivity contribution >= 4 is 28.6 Å². The molecule has 0 spiro atoms. The lowest BCUT2D eigenvalue weighted by Gasteiger charge is -2.11. The van der Waals surface area contributed by atoms with Crippen molar-refractivity contribution < 1.29 is 9.53 Å². The smallest absolute Gasteiger partial charge is 0.305 e. The summed E-state index contributed by atoms with van der Waals surface area (Å²) in [6.07, 6.45) is 2.26. The Kier molecular flexibility index (Phi) is 5.25. The molecule has 0 aliphatic rings. The van der Waals surface area contributed by atoms with E-state index in [0.717, 1.165) is 12.8 Å². The van der Waals surface area contributed by atoms with Gasteiger partial charge in [-0.2, -0.15) is 0 Å². The molecule has 1 aromatic rings. The molecule has 1 aromatic carbocycles. The summed E-state index contributed by atoms with van der Waals surface area (Å²) in [6.45, 7) is 4.29. The SMILES string of the molecule is CCc1c(I)ccc(CCC(=O)OC)c1C. The second kappa shape index (κ2) is 6.23.